The number of aromatic amines is 1. The first-order chi connectivity index (χ1) is 29.8. The number of H-pyrrole nitrogens is 1. The number of anilines is 4. The van der Waals surface area contributed by atoms with E-state index in [1.807, 2.05) is 91.6 Å². The van der Waals surface area contributed by atoms with Crippen LogP contribution in [0, 0.1) is 0 Å². The standard InChI is InChI=1S/C23H26N6O.C14H19ClN4O.C9H8N2.2CH4/c1-3-19-22(30)27(2)20-13-24-23(26-21(20)29(19)17-11-7-8-12-17)28-14-18(25-15-28)16-9-5-4-6-10-16;1-3-10-13(20)18(2)11-8-16-14(15)17-12(11)19(10)9-6-4-5-7-9;1-2-4-8(5-3-1)9-6-10-7-11-9;;/h4-6,9-10,13-15,17,19H,3,7-8,11-12H2,1-2H3;8-10H,3-7H2,1-2H3;1-7H,(H,10,11);2*1H4/t19-;10-;;;/m11.../s1. The second-order valence-electron chi connectivity index (χ2n) is 15.9. The van der Waals surface area contributed by atoms with Gasteiger partial charge in [-0.1, -0.05) is 115 Å². The minimum Gasteiger partial charge on any atom is -0.345 e. The van der Waals surface area contributed by atoms with Crippen molar-refractivity contribution in [1.29, 1.82) is 0 Å². The van der Waals surface area contributed by atoms with Crippen LogP contribution in [0.1, 0.15) is 92.9 Å². The fourth-order valence-electron chi connectivity index (χ4n) is 9.08. The summed E-state index contributed by atoms with van der Waals surface area (Å²) in [6, 6.07) is 20.6. The van der Waals surface area contributed by atoms with Crippen molar-refractivity contribution >= 4 is 46.4 Å². The van der Waals surface area contributed by atoms with Crippen molar-refractivity contribution in [3.63, 3.8) is 0 Å². The molecule has 2 aromatic carbocycles. The van der Waals surface area contributed by atoms with Crippen LogP contribution < -0.4 is 19.6 Å². The molecule has 4 aliphatic rings. The third-order valence-corrected chi connectivity index (χ3v) is 12.4. The summed E-state index contributed by atoms with van der Waals surface area (Å²) < 4.78 is 1.85. The number of halogens is 1. The van der Waals surface area contributed by atoms with Gasteiger partial charge in [0.2, 0.25) is 23.0 Å². The molecule has 10 rings (SSSR count). The molecule has 332 valence electrons. The van der Waals surface area contributed by atoms with Gasteiger partial charge in [0.25, 0.3) is 0 Å². The van der Waals surface area contributed by atoms with Crippen molar-refractivity contribution in [2.75, 3.05) is 33.7 Å². The summed E-state index contributed by atoms with van der Waals surface area (Å²) in [7, 11) is 3.61. The summed E-state index contributed by atoms with van der Waals surface area (Å²) >= 11 is 5.97. The van der Waals surface area contributed by atoms with Crippen LogP contribution >= 0.6 is 11.6 Å². The predicted octanol–water partition coefficient (Wildman–Crippen LogP) is 9.82. The summed E-state index contributed by atoms with van der Waals surface area (Å²) in [6.45, 7) is 4.12. The lowest BCUT2D eigenvalue weighted by atomic mass is 10.0. The summed E-state index contributed by atoms with van der Waals surface area (Å²) in [5.74, 6) is 2.49. The van der Waals surface area contributed by atoms with Crippen LogP contribution in [0.2, 0.25) is 5.28 Å². The van der Waals surface area contributed by atoms with E-state index in [2.05, 4.69) is 46.6 Å². The first-order valence-electron chi connectivity index (χ1n) is 21.4. The highest BCUT2D eigenvalue weighted by molar-refractivity contribution is 6.28. The quantitative estimate of drug-likeness (QED) is 0.154. The number of amides is 2. The zero-order valence-corrected chi connectivity index (χ0v) is 36.0. The van der Waals surface area contributed by atoms with Crippen molar-refractivity contribution in [3.8, 4) is 28.5 Å². The number of fused-ring (bicyclic) bond motifs is 2. The zero-order valence-electron chi connectivity index (χ0n) is 35.2. The maximum atomic E-state index is 13.0. The zero-order chi connectivity index (χ0) is 42.5. The Morgan fingerprint density at radius 3 is 1.68 bits per heavy atom. The van der Waals surface area contributed by atoms with Gasteiger partial charge in [-0.15, -0.1) is 0 Å². The van der Waals surface area contributed by atoms with E-state index in [1.165, 1.54) is 31.2 Å². The van der Waals surface area contributed by atoms with Gasteiger partial charge in [0.05, 0.1) is 36.3 Å². The molecule has 2 fully saturated rings. The number of carbonyl (C=O) groups excluding carboxylic acids is 2. The second-order valence-corrected chi connectivity index (χ2v) is 16.3. The third-order valence-electron chi connectivity index (χ3n) is 12.2. The van der Waals surface area contributed by atoms with Gasteiger partial charge < -0.3 is 24.6 Å². The van der Waals surface area contributed by atoms with Gasteiger partial charge in [-0.25, -0.2) is 19.9 Å². The molecule has 2 atom stereocenters. The normalized spacial score (nSPS) is 18.4. The Kier molecular flexibility index (Phi) is 15.3. The fraction of sp³-hybridized carbons (Fsp3) is 0.417. The molecular formula is C48H61ClN12O2. The molecule has 14 nitrogen and oxygen atoms in total. The second kappa shape index (κ2) is 20.8. The highest BCUT2D eigenvalue weighted by atomic mass is 35.5. The van der Waals surface area contributed by atoms with Crippen LogP contribution in [0.4, 0.5) is 23.0 Å². The molecule has 0 bridgehead atoms. The Labute approximate surface area is 376 Å². The highest BCUT2D eigenvalue weighted by Gasteiger charge is 2.42. The first kappa shape index (κ1) is 46.4. The Morgan fingerprint density at radius 1 is 0.667 bits per heavy atom. The Bertz CT molecular complexity index is 2400. The van der Waals surface area contributed by atoms with Crippen LogP contribution in [0.25, 0.3) is 28.5 Å². The Balaban J connectivity index is 0.000000172. The van der Waals surface area contributed by atoms with E-state index in [-0.39, 0.29) is 44.0 Å². The minimum absolute atomic E-state index is 0. The molecule has 63 heavy (non-hydrogen) atoms. The van der Waals surface area contributed by atoms with Crippen molar-refractivity contribution in [1.82, 2.24) is 39.5 Å². The summed E-state index contributed by atoms with van der Waals surface area (Å²) in [5.41, 5.74) is 5.71. The van der Waals surface area contributed by atoms with Gasteiger partial charge in [0, 0.05) is 37.9 Å². The molecule has 0 spiro atoms. The van der Waals surface area contributed by atoms with E-state index in [4.69, 9.17) is 16.6 Å². The maximum absolute atomic E-state index is 13.0. The summed E-state index contributed by atoms with van der Waals surface area (Å²) in [5, 5.41) is 0.240. The largest absolute Gasteiger partial charge is 0.345 e. The lowest BCUT2D eigenvalue weighted by molar-refractivity contribution is -0.120. The summed E-state index contributed by atoms with van der Waals surface area (Å²) in [6.07, 6.45) is 21.5. The summed E-state index contributed by atoms with van der Waals surface area (Å²) in [4.78, 5) is 62.9. The molecule has 2 saturated carbocycles. The van der Waals surface area contributed by atoms with Crippen LogP contribution in [0.3, 0.4) is 0 Å². The minimum atomic E-state index is -0.170. The van der Waals surface area contributed by atoms with Gasteiger partial charge in [-0.2, -0.15) is 9.97 Å². The number of aromatic nitrogens is 8. The molecule has 2 aliphatic carbocycles. The van der Waals surface area contributed by atoms with E-state index >= 15 is 0 Å². The molecule has 6 aromatic rings. The smallest absolute Gasteiger partial charge is 0.249 e. The maximum Gasteiger partial charge on any atom is 0.249 e. The Hall–Kier alpha value is -6.15. The molecular weight excluding hydrogens is 812 g/mol. The number of benzene rings is 2. The van der Waals surface area contributed by atoms with Crippen molar-refractivity contribution in [2.24, 2.45) is 0 Å². The molecule has 2 amide bonds. The third kappa shape index (κ3) is 9.61. The lowest BCUT2D eigenvalue weighted by Crippen LogP contribution is -2.55. The van der Waals surface area contributed by atoms with E-state index in [1.54, 1.807) is 41.9 Å². The predicted molar refractivity (Wildman–Crippen MR) is 254 cm³/mol. The molecule has 0 saturated heterocycles. The number of hydrogen-bond donors (Lipinski definition) is 1. The molecule has 0 radical (unpaired) electrons. The van der Waals surface area contributed by atoms with Crippen molar-refractivity contribution in [2.45, 2.75) is 117 Å². The Morgan fingerprint density at radius 2 is 1.17 bits per heavy atom. The number of nitrogens with zero attached hydrogens (tertiary/aromatic N) is 11. The van der Waals surface area contributed by atoms with E-state index in [0.717, 1.165) is 78.5 Å². The SMILES string of the molecule is C.C.CC[C@@H]1C(=O)N(C)c2cnc(-n3cnc(-c4ccccc4)c3)nc2N1C1CCCC1.CC[C@@H]1C(=O)N(C)c2cnc(Cl)nc2N1C1CCCC1.c1ccc(-c2cnc[nH]2)cc1. The molecule has 2 aliphatic heterocycles. The molecule has 15 heteroatoms. The molecule has 0 unspecified atom stereocenters. The first-order valence-corrected chi connectivity index (χ1v) is 21.8. The number of rotatable bonds is 7. The van der Waals surface area contributed by atoms with E-state index in [0.29, 0.717) is 18.0 Å². The van der Waals surface area contributed by atoms with Crippen molar-refractivity contribution in [3.05, 3.63) is 103 Å². The average molecular weight is 874 g/mol. The van der Waals surface area contributed by atoms with Crippen LogP contribution in [0.15, 0.2) is 98.1 Å². The number of imidazole rings is 2. The number of carbonyl (C=O) groups is 2. The van der Waals surface area contributed by atoms with Gasteiger partial charge in [0.1, 0.15) is 29.8 Å². The fourth-order valence-corrected chi connectivity index (χ4v) is 9.21. The molecule has 1 N–H and O–H groups in total. The van der Waals surface area contributed by atoms with Gasteiger partial charge >= 0.3 is 0 Å². The number of nitrogens with one attached hydrogen (secondary N) is 1. The van der Waals surface area contributed by atoms with Crippen LogP contribution in [0.5, 0.6) is 0 Å². The lowest BCUT2D eigenvalue weighted by Gasteiger charge is -2.43. The number of likely N-dealkylation sites (N-methyl/N-ethyl adjacent to an activating group) is 2. The van der Waals surface area contributed by atoms with Gasteiger partial charge in [-0.3, -0.25) is 14.2 Å². The molecule has 4 aromatic heterocycles. The number of hydrogen-bond acceptors (Lipinski definition) is 10. The highest BCUT2D eigenvalue weighted by Crippen LogP contribution is 2.41. The molecule has 6 heterocycles. The van der Waals surface area contributed by atoms with Crippen LogP contribution in [-0.2, 0) is 9.59 Å². The monoisotopic (exact) mass is 872 g/mol. The average Bonchev–Trinajstić information content (AvgIpc) is 4.16. The van der Waals surface area contributed by atoms with Gasteiger partial charge in [-0.05, 0) is 55.7 Å². The van der Waals surface area contributed by atoms with Crippen molar-refractivity contribution < 1.29 is 9.59 Å². The van der Waals surface area contributed by atoms with E-state index in [9.17, 15) is 9.59 Å². The van der Waals surface area contributed by atoms with Gasteiger partial charge in [0.15, 0.2) is 11.6 Å². The topological polar surface area (TPSA) is 145 Å². The van der Waals surface area contributed by atoms with Crippen LogP contribution in [-0.4, -0.2) is 89.5 Å². The van der Waals surface area contributed by atoms with E-state index < -0.39 is 0 Å².